The van der Waals surface area contributed by atoms with Crippen LogP contribution >= 0.6 is 67.8 Å². The van der Waals surface area contributed by atoms with Gasteiger partial charge in [-0.25, -0.2) is 9.97 Å². The highest BCUT2D eigenvalue weighted by atomic mass is 127. The molecule has 0 radical (unpaired) electrons. The number of rotatable bonds is 0. The third-order valence-corrected chi connectivity index (χ3v) is 3.56. The van der Waals surface area contributed by atoms with Crippen molar-refractivity contribution in [1.82, 2.24) is 9.97 Å². The maximum absolute atomic E-state index is 4.35. The van der Waals surface area contributed by atoms with E-state index in [1.54, 1.807) is 0 Å². The second kappa shape index (κ2) is 4.09. The lowest BCUT2D eigenvalue weighted by atomic mass is 10.2. The highest BCUT2D eigenvalue weighted by Crippen LogP contribution is 2.20. The van der Waals surface area contributed by atoms with Crippen molar-refractivity contribution >= 4 is 78.7 Å². The van der Waals surface area contributed by atoms with E-state index in [4.69, 9.17) is 0 Å². The average molecular weight is 508 g/mol. The van der Waals surface area contributed by atoms with Gasteiger partial charge in [-0.15, -0.1) is 0 Å². The Morgan fingerprint density at radius 3 is 2.54 bits per heavy atom. The molecule has 13 heavy (non-hydrogen) atoms. The smallest absolute Gasteiger partial charge is 0.192 e. The number of fused-ring (bicyclic) bond motifs is 1. The molecular weight excluding hydrogens is 505 g/mol. The first-order valence-corrected chi connectivity index (χ1v) is 6.69. The van der Waals surface area contributed by atoms with Crippen LogP contribution in [0.4, 0.5) is 0 Å². The van der Waals surface area contributed by atoms with Crippen molar-refractivity contribution < 1.29 is 0 Å². The van der Waals surface area contributed by atoms with Crippen LogP contribution < -0.4 is 0 Å². The second-order valence-corrected chi connectivity index (χ2v) is 5.68. The summed E-state index contributed by atoms with van der Waals surface area (Å²) in [5.41, 5.74) is 1.02. The highest BCUT2D eigenvalue weighted by molar-refractivity contribution is 14.1. The first kappa shape index (κ1) is 10.3. The van der Waals surface area contributed by atoms with Gasteiger partial charge in [0.15, 0.2) is 3.83 Å². The van der Waals surface area contributed by atoms with Crippen molar-refractivity contribution in [3.8, 4) is 0 Å². The predicted octanol–water partition coefficient (Wildman–Crippen LogP) is 3.44. The Kier molecular flexibility index (Phi) is 3.23. The van der Waals surface area contributed by atoms with E-state index in [1.165, 1.54) is 3.57 Å². The normalized spacial score (nSPS) is 10.7. The van der Waals surface area contributed by atoms with Gasteiger partial charge in [0.25, 0.3) is 0 Å². The zero-order chi connectivity index (χ0) is 9.42. The Labute approximate surface area is 116 Å². The molecule has 0 fully saturated rings. The fraction of sp³-hybridized carbons (Fsp3) is 0. The summed E-state index contributed by atoms with van der Waals surface area (Å²) < 4.78 is 3.04. The molecule has 0 bridgehead atoms. The minimum atomic E-state index is 0.802. The molecule has 0 saturated heterocycles. The first-order chi connectivity index (χ1) is 6.16. The molecule has 1 aromatic heterocycles. The van der Waals surface area contributed by atoms with Crippen molar-refractivity contribution in [2.45, 2.75) is 0 Å². The molecule has 66 valence electrons. The number of hydrogen-bond donors (Lipinski definition) is 0. The lowest BCUT2D eigenvalue weighted by Crippen LogP contribution is -1.92. The number of hydrogen-bond acceptors (Lipinski definition) is 2. The molecule has 0 unspecified atom stereocenters. The van der Waals surface area contributed by atoms with E-state index in [0.29, 0.717) is 0 Å². The van der Waals surface area contributed by atoms with Crippen molar-refractivity contribution in [2.75, 3.05) is 0 Å². The quantitative estimate of drug-likeness (QED) is 0.310. The van der Waals surface area contributed by atoms with Crippen LogP contribution in [0, 0.1) is 11.1 Å². The van der Waals surface area contributed by atoms with Gasteiger partial charge in [0.2, 0.25) is 0 Å². The van der Waals surface area contributed by atoms with Gasteiger partial charge < -0.3 is 0 Å². The van der Waals surface area contributed by atoms with Crippen molar-refractivity contribution in [3.63, 3.8) is 0 Å². The first-order valence-electron chi connectivity index (χ1n) is 3.45. The highest BCUT2D eigenvalue weighted by Gasteiger charge is 2.03. The zero-order valence-electron chi connectivity index (χ0n) is 6.26. The van der Waals surface area contributed by atoms with Gasteiger partial charge in [-0.3, -0.25) is 0 Å². The number of aromatic nitrogens is 2. The molecule has 0 atom stereocenters. The van der Waals surface area contributed by atoms with Crippen LogP contribution in [-0.4, -0.2) is 9.97 Å². The standard InChI is InChI=1S/C8H3I3N2/c9-4-1-2-6-5(3-4)7(10)13-8(11)12-6/h1-3H. The Morgan fingerprint density at radius 1 is 1.00 bits per heavy atom. The van der Waals surface area contributed by atoms with Gasteiger partial charge in [0, 0.05) is 31.5 Å². The van der Waals surface area contributed by atoms with Crippen LogP contribution in [0.1, 0.15) is 0 Å². The van der Waals surface area contributed by atoms with E-state index in [9.17, 15) is 0 Å². The van der Waals surface area contributed by atoms with E-state index in [-0.39, 0.29) is 0 Å². The summed E-state index contributed by atoms with van der Waals surface area (Å²) in [4.78, 5) is 8.65. The lowest BCUT2D eigenvalue weighted by Gasteiger charge is -2.00. The lowest BCUT2D eigenvalue weighted by molar-refractivity contribution is 1.13. The van der Waals surface area contributed by atoms with E-state index in [0.717, 1.165) is 18.4 Å². The number of nitrogens with zero attached hydrogens (tertiary/aromatic N) is 2. The maximum atomic E-state index is 4.35. The van der Waals surface area contributed by atoms with Crippen LogP contribution in [0.5, 0.6) is 0 Å². The minimum absolute atomic E-state index is 0.802. The zero-order valence-corrected chi connectivity index (χ0v) is 12.7. The largest absolute Gasteiger partial charge is 0.223 e. The van der Waals surface area contributed by atoms with Gasteiger partial charge in [0.05, 0.1) is 5.52 Å². The molecule has 5 heteroatoms. The molecule has 1 aromatic carbocycles. The van der Waals surface area contributed by atoms with Crippen LogP contribution in [0.3, 0.4) is 0 Å². The molecule has 2 rings (SSSR count). The van der Waals surface area contributed by atoms with E-state index in [2.05, 4.69) is 89.9 Å². The molecular formula is C8H3I3N2. The van der Waals surface area contributed by atoms with Crippen molar-refractivity contribution in [3.05, 3.63) is 29.3 Å². The molecule has 0 aliphatic heterocycles. The molecule has 0 saturated carbocycles. The van der Waals surface area contributed by atoms with Crippen LogP contribution in [-0.2, 0) is 0 Å². The summed E-state index contributed by atoms with van der Waals surface area (Å²) in [6.07, 6.45) is 0. The summed E-state index contributed by atoms with van der Waals surface area (Å²) >= 11 is 6.67. The predicted molar refractivity (Wildman–Crippen MR) is 77.7 cm³/mol. The Hall–Kier alpha value is 0.750. The molecule has 0 N–H and O–H groups in total. The summed E-state index contributed by atoms with van der Waals surface area (Å²) in [5, 5.41) is 1.13. The molecule has 0 amide bonds. The molecule has 2 nitrogen and oxygen atoms in total. The fourth-order valence-corrected chi connectivity index (χ4v) is 3.15. The van der Waals surface area contributed by atoms with Gasteiger partial charge >= 0.3 is 0 Å². The van der Waals surface area contributed by atoms with Crippen LogP contribution in [0.2, 0.25) is 0 Å². The van der Waals surface area contributed by atoms with Gasteiger partial charge in [0.1, 0.15) is 3.70 Å². The van der Waals surface area contributed by atoms with E-state index >= 15 is 0 Å². The Morgan fingerprint density at radius 2 is 1.77 bits per heavy atom. The summed E-state index contributed by atoms with van der Waals surface area (Å²) in [6, 6.07) is 6.19. The Bertz CT molecular complexity index is 470. The summed E-state index contributed by atoms with van der Waals surface area (Å²) in [7, 11) is 0. The topological polar surface area (TPSA) is 25.8 Å². The number of halogens is 3. The summed E-state index contributed by atoms with van der Waals surface area (Å²) in [5.74, 6) is 0. The third kappa shape index (κ3) is 2.22. The average Bonchev–Trinajstić information content (AvgIpc) is 2.06. The van der Waals surface area contributed by atoms with E-state index in [1.807, 2.05) is 6.07 Å². The van der Waals surface area contributed by atoms with Crippen molar-refractivity contribution in [1.29, 1.82) is 0 Å². The monoisotopic (exact) mass is 508 g/mol. The number of benzene rings is 1. The van der Waals surface area contributed by atoms with Gasteiger partial charge in [-0.1, -0.05) is 0 Å². The minimum Gasteiger partial charge on any atom is -0.223 e. The van der Waals surface area contributed by atoms with Gasteiger partial charge in [-0.2, -0.15) is 0 Å². The van der Waals surface area contributed by atoms with E-state index < -0.39 is 0 Å². The molecule has 0 spiro atoms. The second-order valence-electron chi connectivity index (χ2n) is 2.44. The fourth-order valence-electron chi connectivity index (χ4n) is 1.04. The van der Waals surface area contributed by atoms with Crippen molar-refractivity contribution in [2.24, 2.45) is 0 Å². The Balaban J connectivity index is 2.87. The SMILES string of the molecule is Ic1ccc2nc(I)nc(I)c2c1. The molecule has 1 heterocycles. The molecule has 2 aromatic rings. The van der Waals surface area contributed by atoms with Crippen LogP contribution in [0.15, 0.2) is 18.2 Å². The van der Waals surface area contributed by atoms with Gasteiger partial charge in [-0.05, 0) is 63.4 Å². The van der Waals surface area contributed by atoms with Crippen LogP contribution in [0.25, 0.3) is 10.9 Å². The maximum Gasteiger partial charge on any atom is 0.192 e. The summed E-state index contributed by atoms with van der Waals surface area (Å²) in [6.45, 7) is 0. The third-order valence-electron chi connectivity index (χ3n) is 1.58. The molecule has 0 aliphatic rings. The molecule has 0 aliphatic carbocycles.